The number of aryl methyl sites for hydroxylation is 1. The molecule has 1 aliphatic rings. The number of hydrogen-bond acceptors (Lipinski definition) is 6. The molecule has 104 valence electrons. The molecule has 3 rings (SSSR count). The predicted octanol–water partition coefficient (Wildman–Crippen LogP) is 2.36. The molecule has 1 aromatic heterocycles. The van der Waals surface area contributed by atoms with Crippen LogP contribution in [0.15, 0.2) is 22.7 Å². The van der Waals surface area contributed by atoms with Gasteiger partial charge in [0.15, 0.2) is 5.82 Å². The minimum absolute atomic E-state index is 0.00292. The fourth-order valence-electron chi connectivity index (χ4n) is 2.10. The number of benzene rings is 1. The number of nitro groups is 1. The van der Waals surface area contributed by atoms with E-state index in [1.807, 2.05) is 6.92 Å². The molecule has 1 atom stereocenters. The minimum atomic E-state index is -0.448. The molecule has 0 saturated heterocycles. The van der Waals surface area contributed by atoms with Crippen LogP contribution in [0.4, 0.5) is 5.69 Å². The maximum absolute atomic E-state index is 10.8. The molecule has 1 unspecified atom stereocenters. The molecule has 7 heteroatoms. The van der Waals surface area contributed by atoms with E-state index in [4.69, 9.17) is 10.3 Å². The summed E-state index contributed by atoms with van der Waals surface area (Å²) in [5, 5.41) is 14.7. The third-order valence-electron chi connectivity index (χ3n) is 3.53. The van der Waals surface area contributed by atoms with Crippen molar-refractivity contribution in [2.24, 2.45) is 11.7 Å². The molecule has 1 heterocycles. The van der Waals surface area contributed by atoms with Crippen LogP contribution in [0.25, 0.3) is 11.5 Å². The molecule has 0 bridgehead atoms. The van der Waals surface area contributed by atoms with Crippen molar-refractivity contribution in [1.82, 2.24) is 10.1 Å². The van der Waals surface area contributed by atoms with E-state index < -0.39 is 4.92 Å². The van der Waals surface area contributed by atoms with E-state index in [1.54, 1.807) is 6.07 Å². The van der Waals surface area contributed by atoms with E-state index in [0.717, 1.165) is 18.4 Å². The van der Waals surface area contributed by atoms with Crippen LogP contribution in [0.2, 0.25) is 0 Å². The van der Waals surface area contributed by atoms with Crippen molar-refractivity contribution in [2.45, 2.75) is 25.8 Å². The highest BCUT2D eigenvalue weighted by molar-refractivity contribution is 5.62. The Labute approximate surface area is 114 Å². The molecule has 1 fully saturated rings. The normalized spacial score (nSPS) is 16.1. The van der Waals surface area contributed by atoms with E-state index in [9.17, 15) is 10.1 Å². The standard InChI is InChI=1S/C13H14N4O3/c1-7-2-5-9(17(18)19)6-10(7)13-15-12(16-20-13)11(14)8-3-4-8/h2,5-6,8,11H,3-4,14H2,1H3. The van der Waals surface area contributed by atoms with Crippen LogP contribution in [-0.2, 0) is 0 Å². The smallest absolute Gasteiger partial charge is 0.270 e. The molecule has 0 amide bonds. The molecule has 1 aliphatic carbocycles. The first-order valence-electron chi connectivity index (χ1n) is 6.41. The van der Waals surface area contributed by atoms with Gasteiger partial charge in [-0.1, -0.05) is 11.2 Å². The SMILES string of the molecule is Cc1ccc([N+](=O)[O-])cc1-c1nc(C(N)C2CC2)no1. The summed E-state index contributed by atoms with van der Waals surface area (Å²) in [7, 11) is 0. The fourth-order valence-corrected chi connectivity index (χ4v) is 2.10. The van der Waals surface area contributed by atoms with Crippen molar-refractivity contribution >= 4 is 5.69 Å². The van der Waals surface area contributed by atoms with Crippen molar-refractivity contribution in [3.05, 3.63) is 39.7 Å². The molecular formula is C13H14N4O3. The number of rotatable bonds is 4. The minimum Gasteiger partial charge on any atom is -0.334 e. The molecule has 20 heavy (non-hydrogen) atoms. The largest absolute Gasteiger partial charge is 0.334 e. The Morgan fingerprint density at radius 2 is 2.25 bits per heavy atom. The van der Waals surface area contributed by atoms with E-state index >= 15 is 0 Å². The zero-order valence-electron chi connectivity index (χ0n) is 10.9. The van der Waals surface area contributed by atoms with Crippen LogP contribution in [0, 0.1) is 23.0 Å². The highest BCUT2D eigenvalue weighted by atomic mass is 16.6. The molecule has 2 aromatic rings. The average Bonchev–Trinajstić information content (AvgIpc) is 3.16. The molecular weight excluding hydrogens is 260 g/mol. The molecule has 7 nitrogen and oxygen atoms in total. The highest BCUT2D eigenvalue weighted by Crippen LogP contribution is 2.39. The number of aromatic nitrogens is 2. The Balaban J connectivity index is 1.96. The summed E-state index contributed by atoms with van der Waals surface area (Å²) in [6, 6.07) is 4.34. The van der Waals surface area contributed by atoms with Gasteiger partial charge in [0.2, 0.25) is 0 Å². The van der Waals surface area contributed by atoms with Crippen molar-refractivity contribution in [2.75, 3.05) is 0 Å². The number of nitro benzene ring substituents is 1. The van der Waals surface area contributed by atoms with Gasteiger partial charge in [-0.25, -0.2) is 0 Å². The number of non-ortho nitro benzene ring substituents is 1. The molecule has 0 aliphatic heterocycles. The van der Waals surface area contributed by atoms with E-state index in [2.05, 4.69) is 10.1 Å². The molecule has 0 radical (unpaired) electrons. The summed E-state index contributed by atoms with van der Waals surface area (Å²) < 4.78 is 5.20. The van der Waals surface area contributed by atoms with Gasteiger partial charge in [-0.3, -0.25) is 10.1 Å². The molecule has 1 saturated carbocycles. The summed E-state index contributed by atoms with van der Waals surface area (Å²) in [4.78, 5) is 14.7. The summed E-state index contributed by atoms with van der Waals surface area (Å²) in [6.07, 6.45) is 2.17. The van der Waals surface area contributed by atoms with Gasteiger partial charge >= 0.3 is 0 Å². The summed E-state index contributed by atoms with van der Waals surface area (Å²) in [6.45, 7) is 1.84. The van der Waals surface area contributed by atoms with E-state index in [0.29, 0.717) is 17.3 Å². The summed E-state index contributed by atoms with van der Waals surface area (Å²) in [5.41, 5.74) is 7.42. The Morgan fingerprint density at radius 3 is 2.90 bits per heavy atom. The first-order chi connectivity index (χ1) is 9.56. The fraction of sp³-hybridized carbons (Fsp3) is 0.385. The number of hydrogen-bond donors (Lipinski definition) is 1. The lowest BCUT2D eigenvalue weighted by atomic mass is 10.1. The maximum Gasteiger partial charge on any atom is 0.270 e. The predicted molar refractivity (Wildman–Crippen MR) is 70.8 cm³/mol. The summed E-state index contributed by atoms with van der Waals surface area (Å²) >= 11 is 0. The lowest BCUT2D eigenvalue weighted by Crippen LogP contribution is -2.13. The maximum atomic E-state index is 10.8. The molecule has 1 aromatic carbocycles. The third-order valence-corrected chi connectivity index (χ3v) is 3.53. The highest BCUT2D eigenvalue weighted by Gasteiger charge is 2.32. The third kappa shape index (κ3) is 2.27. The number of nitrogens with two attached hydrogens (primary N) is 1. The summed E-state index contributed by atoms with van der Waals surface area (Å²) in [5.74, 6) is 1.16. The van der Waals surface area contributed by atoms with Crippen molar-refractivity contribution < 1.29 is 9.45 Å². The van der Waals surface area contributed by atoms with Gasteiger partial charge < -0.3 is 10.3 Å². The Bertz CT molecular complexity index is 663. The van der Waals surface area contributed by atoms with Crippen LogP contribution in [0.3, 0.4) is 0 Å². The van der Waals surface area contributed by atoms with Gasteiger partial charge in [0.25, 0.3) is 11.6 Å². The van der Waals surface area contributed by atoms with Gasteiger partial charge in [-0.05, 0) is 31.2 Å². The second-order valence-corrected chi connectivity index (χ2v) is 5.08. The van der Waals surface area contributed by atoms with Crippen molar-refractivity contribution in [1.29, 1.82) is 0 Å². The van der Waals surface area contributed by atoms with Crippen LogP contribution in [-0.4, -0.2) is 15.1 Å². The Kier molecular flexibility index (Phi) is 2.98. The van der Waals surface area contributed by atoms with Crippen molar-refractivity contribution in [3.8, 4) is 11.5 Å². The molecule has 2 N–H and O–H groups in total. The Hall–Kier alpha value is -2.28. The zero-order chi connectivity index (χ0) is 14.3. The zero-order valence-corrected chi connectivity index (χ0v) is 10.9. The van der Waals surface area contributed by atoms with E-state index in [-0.39, 0.29) is 17.6 Å². The van der Waals surface area contributed by atoms with Crippen molar-refractivity contribution in [3.63, 3.8) is 0 Å². The second-order valence-electron chi connectivity index (χ2n) is 5.08. The van der Waals surface area contributed by atoms with Gasteiger partial charge in [0.1, 0.15) is 0 Å². The van der Waals surface area contributed by atoms with Gasteiger partial charge in [-0.15, -0.1) is 0 Å². The number of nitrogens with zero attached hydrogens (tertiary/aromatic N) is 3. The lowest BCUT2D eigenvalue weighted by Gasteiger charge is -2.02. The van der Waals surface area contributed by atoms with Crippen LogP contribution in [0.1, 0.15) is 30.3 Å². The van der Waals surface area contributed by atoms with Gasteiger partial charge in [0, 0.05) is 17.7 Å². The van der Waals surface area contributed by atoms with Crippen LogP contribution >= 0.6 is 0 Å². The topological polar surface area (TPSA) is 108 Å². The van der Waals surface area contributed by atoms with Gasteiger partial charge in [0.05, 0.1) is 11.0 Å². The molecule has 0 spiro atoms. The quantitative estimate of drug-likeness (QED) is 0.677. The first kappa shape index (κ1) is 12.7. The van der Waals surface area contributed by atoms with E-state index in [1.165, 1.54) is 12.1 Å². The van der Waals surface area contributed by atoms with Crippen LogP contribution in [0.5, 0.6) is 0 Å². The second kappa shape index (κ2) is 4.68. The Morgan fingerprint density at radius 1 is 1.50 bits per heavy atom. The van der Waals surface area contributed by atoms with Gasteiger partial charge in [-0.2, -0.15) is 4.98 Å². The average molecular weight is 274 g/mol. The first-order valence-corrected chi connectivity index (χ1v) is 6.41. The monoisotopic (exact) mass is 274 g/mol. The lowest BCUT2D eigenvalue weighted by molar-refractivity contribution is -0.384. The van der Waals surface area contributed by atoms with Crippen LogP contribution < -0.4 is 5.73 Å².